The lowest BCUT2D eigenvalue weighted by Gasteiger charge is -2.31. The molecule has 1 aliphatic heterocycles. The van der Waals surface area contributed by atoms with Crippen LogP contribution in [-0.4, -0.2) is 57.2 Å². The van der Waals surface area contributed by atoms with Crippen molar-refractivity contribution in [1.82, 2.24) is 9.80 Å². The fourth-order valence-electron chi connectivity index (χ4n) is 4.34. The minimum atomic E-state index is -0.871. The molecule has 0 bridgehead atoms. The monoisotopic (exact) mass is 477 g/mol. The number of benzene rings is 2. The molecule has 0 aliphatic carbocycles. The van der Waals surface area contributed by atoms with Crippen molar-refractivity contribution in [2.24, 2.45) is 16.8 Å². The Labute approximate surface area is 206 Å². The Bertz CT molecular complexity index is 1070. The number of likely N-dealkylation sites (tertiary alicyclic amines) is 1. The lowest BCUT2D eigenvalue weighted by atomic mass is 10.0. The number of nitrogens with zero attached hydrogens (tertiary/aromatic N) is 3. The number of imide groups is 1. The van der Waals surface area contributed by atoms with Gasteiger partial charge in [-0.1, -0.05) is 73.6 Å². The summed E-state index contributed by atoms with van der Waals surface area (Å²) < 4.78 is 0. The predicted molar refractivity (Wildman–Crippen MR) is 133 cm³/mol. The molecule has 0 aromatic heterocycles. The average Bonchev–Trinajstić information content (AvgIpc) is 3.32. The van der Waals surface area contributed by atoms with E-state index in [-0.39, 0.29) is 24.1 Å². The molecule has 2 atom stereocenters. The Balaban J connectivity index is 1.95. The number of nitrogens with two attached hydrogens (primary N) is 1. The van der Waals surface area contributed by atoms with E-state index in [9.17, 15) is 19.6 Å². The summed E-state index contributed by atoms with van der Waals surface area (Å²) in [4.78, 5) is 42.8. The van der Waals surface area contributed by atoms with Crippen LogP contribution in [0.15, 0.2) is 59.8 Å². The SMILES string of the molecule is [CH2]c1ccc(C(=NO)N(C(=O)Cc2ccccc2)C(=O)[C@@H]2CCCN2C(=O)C(N)CC(C)C)cc1. The molecule has 1 saturated heterocycles. The van der Waals surface area contributed by atoms with E-state index >= 15 is 0 Å². The third-order valence-electron chi connectivity index (χ3n) is 6.05. The molecule has 3 rings (SSSR count). The molecule has 1 unspecified atom stereocenters. The second-order valence-corrected chi connectivity index (χ2v) is 9.28. The van der Waals surface area contributed by atoms with E-state index in [2.05, 4.69) is 12.1 Å². The van der Waals surface area contributed by atoms with Crippen LogP contribution in [0.1, 0.15) is 49.8 Å². The zero-order valence-electron chi connectivity index (χ0n) is 20.3. The summed E-state index contributed by atoms with van der Waals surface area (Å²) in [5, 5.41) is 13.3. The Morgan fingerprint density at radius 2 is 1.80 bits per heavy atom. The van der Waals surface area contributed by atoms with Gasteiger partial charge in [0.15, 0.2) is 5.84 Å². The van der Waals surface area contributed by atoms with Gasteiger partial charge in [-0.25, -0.2) is 4.90 Å². The smallest absolute Gasteiger partial charge is 0.257 e. The molecule has 3 N–H and O–H groups in total. The normalized spacial score (nSPS) is 16.9. The summed E-state index contributed by atoms with van der Waals surface area (Å²) in [6.45, 7) is 8.17. The van der Waals surface area contributed by atoms with Gasteiger partial charge in [0.1, 0.15) is 6.04 Å². The summed E-state index contributed by atoms with van der Waals surface area (Å²) in [6, 6.07) is 14.0. The molecule has 8 nitrogen and oxygen atoms in total. The van der Waals surface area contributed by atoms with Gasteiger partial charge in [-0.15, -0.1) is 0 Å². The van der Waals surface area contributed by atoms with Gasteiger partial charge in [0, 0.05) is 12.1 Å². The average molecular weight is 478 g/mol. The third kappa shape index (κ3) is 6.33. The minimum absolute atomic E-state index is 0.0768. The van der Waals surface area contributed by atoms with E-state index in [1.807, 2.05) is 19.9 Å². The van der Waals surface area contributed by atoms with Crippen molar-refractivity contribution < 1.29 is 19.6 Å². The highest BCUT2D eigenvalue weighted by Crippen LogP contribution is 2.23. The van der Waals surface area contributed by atoms with Crippen LogP contribution in [0, 0.1) is 12.8 Å². The molecule has 1 aliphatic rings. The maximum atomic E-state index is 13.8. The van der Waals surface area contributed by atoms with Crippen LogP contribution in [0.3, 0.4) is 0 Å². The molecular formula is C27H33N4O4. The van der Waals surface area contributed by atoms with Gasteiger partial charge in [0.05, 0.1) is 12.5 Å². The molecule has 35 heavy (non-hydrogen) atoms. The van der Waals surface area contributed by atoms with Gasteiger partial charge >= 0.3 is 0 Å². The summed E-state index contributed by atoms with van der Waals surface area (Å²) in [7, 11) is 0. The molecule has 2 aromatic carbocycles. The number of carbonyl (C=O) groups is 3. The molecule has 0 spiro atoms. The van der Waals surface area contributed by atoms with E-state index in [4.69, 9.17) is 5.73 Å². The maximum Gasteiger partial charge on any atom is 0.257 e. The fourth-order valence-corrected chi connectivity index (χ4v) is 4.34. The Morgan fingerprint density at radius 1 is 1.14 bits per heavy atom. The molecule has 1 fully saturated rings. The molecule has 3 amide bonds. The van der Waals surface area contributed by atoms with Gasteiger partial charge < -0.3 is 15.8 Å². The standard InChI is InChI=1S/C27H33N4O4/c1-18(2)16-22(28)26(33)30-15-7-10-23(30)27(34)31(24(32)17-20-8-5-4-6-9-20)25(29-35)21-13-11-19(3)12-14-21/h4-6,8-9,11-14,18,22-23,35H,3,7,10,15-17,28H2,1-2H3/t22?,23-/m0/s1. The zero-order valence-corrected chi connectivity index (χ0v) is 20.3. The van der Waals surface area contributed by atoms with Crippen molar-refractivity contribution in [3.8, 4) is 0 Å². The van der Waals surface area contributed by atoms with Crippen molar-refractivity contribution in [2.45, 2.75) is 51.6 Å². The lowest BCUT2D eigenvalue weighted by Crippen LogP contribution is -2.55. The second kappa shape index (κ2) is 11.8. The quantitative estimate of drug-likeness (QED) is 0.275. The molecule has 185 valence electrons. The van der Waals surface area contributed by atoms with Gasteiger partial charge in [-0.05, 0) is 43.2 Å². The van der Waals surface area contributed by atoms with Gasteiger partial charge in [-0.2, -0.15) is 0 Å². The van der Waals surface area contributed by atoms with Crippen LogP contribution in [0.2, 0.25) is 0 Å². The predicted octanol–water partition coefficient (Wildman–Crippen LogP) is 2.97. The highest BCUT2D eigenvalue weighted by atomic mass is 16.4. The van der Waals surface area contributed by atoms with Crippen LogP contribution in [-0.2, 0) is 20.8 Å². The minimum Gasteiger partial charge on any atom is -0.409 e. The van der Waals surface area contributed by atoms with E-state index < -0.39 is 23.9 Å². The van der Waals surface area contributed by atoms with E-state index in [0.717, 1.165) is 10.5 Å². The molecule has 0 saturated carbocycles. The summed E-state index contributed by atoms with van der Waals surface area (Å²) in [5.74, 6) is -1.45. The highest BCUT2D eigenvalue weighted by Gasteiger charge is 2.41. The second-order valence-electron chi connectivity index (χ2n) is 9.28. The van der Waals surface area contributed by atoms with E-state index in [1.54, 1.807) is 48.5 Å². The maximum absolute atomic E-state index is 13.8. The number of carbonyl (C=O) groups excluding carboxylic acids is 3. The molecule has 2 aromatic rings. The van der Waals surface area contributed by atoms with Crippen molar-refractivity contribution in [2.75, 3.05) is 6.54 Å². The molecule has 1 heterocycles. The van der Waals surface area contributed by atoms with Crippen LogP contribution >= 0.6 is 0 Å². The zero-order chi connectivity index (χ0) is 25.5. The summed E-state index contributed by atoms with van der Waals surface area (Å²) in [5.41, 5.74) is 7.95. The van der Waals surface area contributed by atoms with Gasteiger partial charge in [0.2, 0.25) is 11.8 Å². The topological polar surface area (TPSA) is 116 Å². The number of oxime groups is 1. The van der Waals surface area contributed by atoms with E-state index in [0.29, 0.717) is 36.9 Å². The summed E-state index contributed by atoms with van der Waals surface area (Å²) >= 11 is 0. The third-order valence-corrected chi connectivity index (χ3v) is 6.05. The van der Waals surface area contributed by atoms with Gasteiger partial charge in [-0.3, -0.25) is 14.4 Å². The van der Waals surface area contributed by atoms with Crippen molar-refractivity contribution in [3.63, 3.8) is 0 Å². The highest BCUT2D eigenvalue weighted by molar-refractivity contribution is 6.20. The number of rotatable bonds is 7. The largest absolute Gasteiger partial charge is 0.409 e. The Hall–Kier alpha value is -3.52. The van der Waals surface area contributed by atoms with Crippen molar-refractivity contribution in [1.29, 1.82) is 0 Å². The molecular weight excluding hydrogens is 444 g/mol. The first kappa shape index (κ1) is 26.1. The first-order valence-corrected chi connectivity index (χ1v) is 11.8. The van der Waals surface area contributed by atoms with Crippen LogP contribution in [0.5, 0.6) is 0 Å². The number of amides is 3. The molecule has 8 heteroatoms. The fraction of sp³-hybridized carbons (Fsp3) is 0.370. The lowest BCUT2D eigenvalue weighted by molar-refractivity contribution is -0.147. The van der Waals surface area contributed by atoms with Crippen molar-refractivity contribution >= 4 is 23.6 Å². The Kier molecular flexibility index (Phi) is 8.76. The number of amidine groups is 1. The van der Waals surface area contributed by atoms with Crippen LogP contribution in [0.25, 0.3) is 0 Å². The number of hydrogen-bond donors (Lipinski definition) is 2. The van der Waals surface area contributed by atoms with Gasteiger partial charge in [0.25, 0.3) is 5.91 Å². The van der Waals surface area contributed by atoms with Crippen LogP contribution in [0.4, 0.5) is 0 Å². The first-order valence-electron chi connectivity index (χ1n) is 11.8. The number of hydrogen-bond acceptors (Lipinski definition) is 6. The van der Waals surface area contributed by atoms with Crippen LogP contribution < -0.4 is 5.73 Å². The molecule has 1 radical (unpaired) electrons. The Morgan fingerprint density at radius 3 is 2.40 bits per heavy atom. The first-order chi connectivity index (χ1) is 16.7. The van der Waals surface area contributed by atoms with E-state index in [1.165, 1.54) is 4.90 Å². The van der Waals surface area contributed by atoms with Crippen molar-refractivity contribution in [3.05, 3.63) is 78.2 Å². The summed E-state index contributed by atoms with van der Waals surface area (Å²) in [6.07, 6.45) is 1.42.